The number of nitrogens with zero attached hydrogens (tertiary/aromatic N) is 1. The van der Waals surface area contributed by atoms with E-state index in [9.17, 15) is 4.39 Å². The van der Waals surface area contributed by atoms with Gasteiger partial charge in [0.25, 0.3) is 0 Å². The zero-order chi connectivity index (χ0) is 9.26. The fraction of sp³-hybridized carbons (Fsp3) is 0.444. The van der Waals surface area contributed by atoms with E-state index in [1.54, 1.807) is 12.3 Å². The third-order valence-corrected chi connectivity index (χ3v) is 2.80. The minimum Gasteiger partial charge on any atom is -0.381 e. The normalized spacial score (nSPS) is 22.2. The van der Waals surface area contributed by atoms with Gasteiger partial charge in [0.1, 0.15) is 0 Å². The van der Waals surface area contributed by atoms with E-state index < -0.39 is 0 Å². The Kier molecular flexibility index (Phi) is 2.60. The quantitative estimate of drug-likeness (QED) is 0.759. The van der Waals surface area contributed by atoms with Crippen LogP contribution in [0, 0.1) is 5.82 Å². The molecule has 70 valence electrons. The van der Waals surface area contributed by atoms with Gasteiger partial charge in [-0.05, 0) is 28.4 Å². The largest absolute Gasteiger partial charge is 0.381 e. The SMILES string of the molecule is Fc1c(Br)ccnc1C1CCOC1. The molecule has 1 aromatic heterocycles. The van der Waals surface area contributed by atoms with Gasteiger partial charge in [0, 0.05) is 18.7 Å². The van der Waals surface area contributed by atoms with E-state index in [2.05, 4.69) is 20.9 Å². The third-order valence-electron chi connectivity index (χ3n) is 2.19. The summed E-state index contributed by atoms with van der Waals surface area (Å²) in [5, 5.41) is 0. The lowest BCUT2D eigenvalue weighted by atomic mass is 10.0. The molecule has 13 heavy (non-hydrogen) atoms. The maximum absolute atomic E-state index is 13.5. The third kappa shape index (κ3) is 1.74. The first-order chi connectivity index (χ1) is 6.29. The van der Waals surface area contributed by atoms with Crippen LogP contribution in [-0.2, 0) is 4.74 Å². The first-order valence-electron chi connectivity index (χ1n) is 4.16. The van der Waals surface area contributed by atoms with Crippen molar-refractivity contribution < 1.29 is 9.13 Å². The van der Waals surface area contributed by atoms with Crippen molar-refractivity contribution in [3.05, 3.63) is 28.2 Å². The first kappa shape index (κ1) is 9.09. The highest BCUT2D eigenvalue weighted by atomic mass is 79.9. The van der Waals surface area contributed by atoms with Crippen molar-refractivity contribution >= 4 is 15.9 Å². The van der Waals surface area contributed by atoms with Crippen LogP contribution in [0.15, 0.2) is 16.7 Å². The van der Waals surface area contributed by atoms with E-state index in [4.69, 9.17) is 4.74 Å². The van der Waals surface area contributed by atoms with Gasteiger partial charge < -0.3 is 4.74 Å². The van der Waals surface area contributed by atoms with Gasteiger partial charge in [0.05, 0.1) is 16.8 Å². The van der Waals surface area contributed by atoms with Crippen LogP contribution in [0.5, 0.6) is 0 Å². The fourth-order valence-electron chi connectivity index (χ4n) is 1.47. The van der Waals surface area contributed by atoms with Crippen molar-refractivity contribution in [3.63, 3.8) is 0 Å². The first-order valence-corrected chi connectivity index (χ1v) is 4.96. The van der Waals surface area contributed by atoms with Crippen LogP contribution < -0.4 is 0 Å². The molecule has 0 aliphatic carbocycles. The zero-order valence-electron chi connectivity index (χ0n) is 6.96. The van der Waals surface area contributed by atoms with Gasteiger partial charge in [-0.25, -0.2) is 4.39 Å². The lowest BCUT2D eigenvalue weighted by molar-refractivity contribution is 0.193. The molecule has 0 saturated carbocycles. The number of ether oxygens (including phenoxy) is 1. The topological polar surface area (TPSA) is 22.1 Å². The van der Waals surface area contributed by atoms with Crippen molar-refractivity contribution in [2.45, 2.75) is 12.3 Å². The standard InChI is InChI=1S/C9H9BrFNO/c10-7-1-3-12-9(8(7)11)6-2-4-13-5-6/h1,3,6H,2,4-5H2. The summed E-state index contributed by atoms with van der Waals surface area (Å²) in [6, 6.07) is 1.61. The number of hydrogen-bond acceptors (Lipinski definition) is 2. The van der Waals surface area contributed by atoms with Crippen LogP contribution in [0.4, 0.5) is 4.39 Å². The van der Waals surface area contributed by atoms with Crippen LogP contribution in [0.25, 0.3) is 0 Å². The predicted octanol–water partition coefficient (Wildman–Crippen LogP) is 2.49. The summed E-state index contributed by atoms with van der Waals surface area (Å²) in [5.74, 6) is -0.129. The Morgan fingerprint density at radius 3 is 3.15 bits per heavy atom. The molecule has 0 aromatic carbocycles. The van der Waals surface area contributed by atoms with Gasteiger partial charge in [-0.15, -0.1) is 0 Å². The Bertz CT molecular complexity index is 312. The van der Waals surface area contributed by atoms with Gasteiger partial charge in [-0.2, -0.15) is 0 Å². The maximum Gasteiger partial charge on any atom is 0.159 e. The van der Waals surface area contributed by atoms with E-state index >= 15 is 0 Å². The van der Waals surface area contributed by atoms with Gasteiger partial charge in [-0.3, -0.25) is 4.98 Å². The minimum absolute atomic E-state index is 0.123. The Labute approximate surface area is 84.3 Å². The molecule has 1 aliphatic rings. The highest BCUT2D eigenvalue weighted by molar-refractivity contribution is 9.10. The maximum atomic E-state index is 13.5. The number of halogens is 2. The van der Waals surface area contributed by atoms with Crippen LogP contribution in [-0.4, -0.2) is 18.2 Å². The number of pyridine rings is 1. The van der Waals surface area contributed by atoms with Crippen molar-refractivity contribution in [2.75, 3.05) is 13.2 Å². The van der Waals surface area contributed by atoms with E-state index in [1.165, 1.54) is 0 Å². The second kappa shape index (κ2) is 3.72. The molecule has 0 bridgehead atoms. The Morgan fingerprint density at radius 2 is 2.46 bits per heavy atom. The molecule has 1 unspecified atom stereocenters. The van der Waals surface area contributed by atoms with E-state index in [-0.39, 0.29) is 11.7 Å². The molecular weight excluding hydrogens is 237 g/mol. The summed E-state index contributed by atoms with van der Waals surface area (Å²) in [6.07, 6.45) is 2.47. The summed E-state index contributed by atoms with van der Waals surface area (Å²) in [5.41, 5.74) is 0.520. The summed E-state index contributed by atoms with van der Waals surface area (Å²) in [7, 11) is 0. The van der Waals surface area contributed by atoms with Gasteiger partial charge in [0.15, 0.2) is 5.82 Å². The Morgan fingerprint density at radius 1 is 1.62 bits per heavy atom. The van der Waals surface area contributed by atoms with Crippen molar-refractivity contribution in [2.24, 2.45) is 0 Å². The van der Waals surface area contributed by atoms with Crippen LogP contribution >= 0.6 is 15.9 Å². The smallest absolute Gasteiger partial charge is 0.159 e. The molecule has 1 atom stereocenters. The molecule has 1 aromatic rings. The average Bonchev–Trinajstić information content (AvgIpc) is 2.62. The zero-order valence-corrected chi connectivity index (χ0v) is 8.55. The summed E-state index contributed by atoms with van der Waals surface area (Å²) >= 11 is 3.14. The molecule has 1 fully saturated rings. The van der Waals surface area contributed by atoms with Crippen LogP contribution in [0.3, 0.4) is 0 Å². The fourth-order valence-corrected chi connectivity index (χ4v) is 1.79. The van der Waals surface area contributed by atoms with E-state index in [1.807, 2.05) is 0 Å². The molecule has 0 amide bonds. The van der Waals surface area contributed by atoms with Gasteiger partial charge >= 0.3 is 0 Å². The predicted molar refractivity (Wildman–Crippen MR) is 50.1 cm³/mol. The molecule has 1 aliphatic heterocycles. The molecule has 2 rings (SSSR count). The molecule has 1 saturated heterocycles. The Hall–Kier alpha value is -0.480. The molecule has 0 radical (unpaired) electrons. The van der Waals surface area contributed by atoms with Gasteiger partial charge in [0.2, 0.25) is 0 Å². The highest BCUT2D eigenvalue weighted by Crippen LogP contribution is 2.28. The molecule has 2 heterocycles. The number of hydrogen-bond donors (Lipinski definition) is 0. The number of rotatable bonds is 1. The molecule has 0 spiro atoms. The summed E-state index contributed by atoms with van der Waals surface area (Å²) < 4.78 is 19.1. The lowest BCUT2D eigenvalue weighted by Crippen LogP contribution is -2.04. The van der Waals surface area contributed by atoms with E-state index in [0.717, 1.165) is 6.42 Å². The monoisotopic (exact) mass is 245 g/mol. The second-order valence-electron chi connectivity index (χ2n) is 3.05. The second-order valence-corrected chi connectivity index (χ2v) is 3.91. The van der Waals surface area contributed by atoms with Crippen molar-refractivity contribution in [1.29, 1.82) is 0 Å². The molecule has 2 nitrogen and oxygen atoms in total. The lowest BCUT2D eigenvalue weighted by Gasteiger charge is -2.08. The summed E-state index contributed by atoms with van der Waals surface area (Å²) in [4.78, 5) is 4.04. The van der Waals surface area contributed by atoms with Crippen molar-refractivity contribution in [1.82, 2.24) is 4.98 Å². The molecule has 0 N–H and O–H groups in total. The van der Waals surface area contributed by atoms with Crippen molar-refractivity contribution in [3.8, 4) is 0 Å². The average molecular weight is 246 g/mol. The van der Waals surface area contributed by atoms with Gasteiger partial charge in [-0.1, -0.05) is 0 Å². The van der Waals surface area contributed by atoms with E-state index in [0.29, 0.717) is 23.4 Å². The number of aromatic nitrogens is 1. The Balaban J connectivity index is 2.33. The minimum atomic E-state index is -0.252. The summed E-state index contributed by atoms with van der Waals surface area (Å²) in [6.45, 7) is 1.29. The van der Waals surface area contributed by atoms with Crippen LogP contribution in [0.2, 0.25) is 0 Å². The molecule has 4 heteroatoms. The molecular formula is C9H9BrFNO. The highest BCUT2D eigenvalue weighted by Gasteiger charge is 2.23. The van der Waals surface area contributed by atoms with Crippen LogP contribution in [0.1, 0.15) is 18.0 Å².